The molecule has 8 heteroatoms. The van der Waals surface area contributed by atoms with Gasteiger partial charge in [0.1, 0.15) is 5.92 Å². The van der Waals surface area contributed by atoms with E-state index in [1.54, 1.807) is 0 Å². The molecule has 3 atom stereocenters. The van der Waals surface area contributed by atoms with Crippen molar-refractivity contribution in [1.29, 1.82) is 0 Å². The van der Waals surface area contributed by atoms with E-state index in [4.69, 9.17) is 9.47 Å². The van der Waals surface area contributed by atoms with Gasteiger partial charge >= 0.3 is 11.9 Å². The van der Waals surface area contributed by atoms with Gasteiger partial charge in [0, 0.05) is 6.42 Å². The number of ether oxygens (including phenoxy) is 3. The standard InChI is InChI=1S/C13H17NO7/c1-7(15)12(2)14-9(16)8(10(17)19-3)5-13(14,6-21-12)11(18)20-4/h8H,5-6H2,1-4H3/t8-,12-,13-/m1/s1. The van der Waals surface area contributed by atoms with Crippen molar-refractivity contribution in [2.75, 3.05) is 20.8 Å². The maximum Gasteiger partial charge on any atom is 0.334 e. The molecule has 8 nitrogen and oxygen atoms in total. The molecule has 2 aliphatic rings. The SMILES string of the molecule is COC(=O)[C@@H]1C[C@]2(C(=O)OC)CO[C@](C)(C(C)=O)N2C1=O. The molecule has 0 aromatic heterocycles. The molecule has 0 aromatic rings. The molecule has 116 valence electrons. The lowest BCUT2D eigenvalue weighted by atomic mass is 9.93. The lowest BCUT2D eigenvalue weighted by Crippen LogP contribution is -2.58. The zero-order valence-corrected chi connectivity index (χ0v) is 12.3. The van der Waals surface area contributed by atoms with Gasteiger partial charge in [-0.25, -0.2) is 4.79 Å². The average molecular weight is 299 g/mol. The molecule has 2 saturated heterocycles. The summed E-state index contributed by atoms with van der Waals surface area (Å²) in [6, 6.07) is 0. The number of carbonyl (C=O) groups is 4. The highest BCUT2D eigenvalue weighted by Crippen LogP contribution is 2.47. The predicted octanol–water partition coefficient (Wildman–Crippen LogP) is -0.745. The van der Waals surface area contributed by atoms with Crippen molar-refractivity contribution in [1.82, 2.24) is 4.90 Å². The number of hydrogen-bond donors (Lipinski definition) is 0. The number of nitrogens with zero attached hydrogens (tertiary/aromatic N) is 1. The molecule has 2 fully saturated rings. The first-order valence-corrected chi connectivity index (χ1v) is 6.40. The van der Waals surface area contributed by atoms with Crippen molar-refractivity contribution < 1.29 is 33.4 Å². The normalized spacial score (nSPS) is 34.6. The van der Waals surface area contributed by atoms with Crippen molar-refractivity contribution in [2.24, 2.45) is 5.92 Å². The van der Waals surface area contributed by atoms with Crippen molar-refractivity contribution in [3.63, 3.8) is 0 Å². The van der Waals surface area contributed by atoms with Crippen molar-refractivity contribution >= 4 is 23.6 Å². The van der Waals surface area contributed by atoms with E-state index in [9.17, 15) is 19.2 Å². The van der Waals surface area contributed by atoms with Crippen molar-refractivity contribution in [2.45, 2.75) is 31.5 Å². The zero-order chi connectivity index (χ0) is 16.0. The molecular weight excluding hydrogens is 282 g/mol. The van der Waals surface area contributed by atoms with Gasteiger partial charge in [-0.15, -0.1) is 0 Å². The summed E-state index contributed by atoms with van der Waals surface area (Å²) in [5.41, 5.74) is -3.06. The molecule has 0 N–H and O–H groups in total. The first-order valence-electron chi connectivity index (χ1n) is 6.40. The third-order valence-corrected chi connectivity index (χ3v) is 4.21. The summed E-state index contributed by atoms with van der Waals surface area (Å²) in [6.07, 6.45) is -0.131. The molecule has 2 aliphatic heterocycles. The number of methoxy groups -OCH3 is 2. The molecule has 0 saturated carbocycles. The average Bonchev–Trinajstić information content (AvgIpc) is 2.93. The van der Waals surface area contributed by atoms with E-state index in [0.29, 0.717) is 0 Å². The quantitative estimate of drug-likeness (QED) is 0.499. The number of Topliss-reactive ketones (excluding diaryl/α,β-unsaturated/α-hetero) is 1. The van der Waals surface area contributed by atoms with Gasteiger partial charge in [0.15, 0.2) is 11.3 Å². The molecule has 0 aromatic carbocycles. The minimum atomic E-state index is -1.59. The van der Waals surface area contributed by atoms with Gasteiger partial charge in [-0.1, -0.05) is 0 Å². The Hall–Kier alpha value is -1.96. The van der Waals surface area contributed by atoms with Crippen LogP contribution < -0.4 is 0 Å². The second-order valence-electron chi connectivity index (χ2n) is 5.30. The fourth-order valence-corrected chi connectivity index (χ4v) is 2.96. The van der Waals surface area contributed by atoms with E-state index in [1.165, 1.54) is 21.0 Å². The Bertz CT molecular complexity index is 531. The maximum atomic E-state index is 12.5. The Morgan fingerprint density at radius 1 is 1.29 bits per heavy atom. The molecular formula is C13H17NO7. The summed E-state index contributed by atoms with van der Waals surface area (Å²) in [4.78, 5) is 49.3. The van der Waals surface area contributed by atoms with Crippen LogP contribution in [0.2, 0.25) is 0 Å². The fraction of sp³-hybridized carbons (Fsp3) is 0.692. The molecule has 21 heavy (non-hydrogen) atoms. The number of amides is 1. The Kier molecular flexibility index (Phi) is 3.53. The van der Waals surface area contributed by atoms with Crippen LogP contribution in [0.3, 0.4) is 0 Å². The van der Waals surface area contributed by atoms with E-state index in [1.807, 2.05) is 0 Å². The van der Waals surface area contributed by atoms with Crippen molar-refractivity contribution in [3.8, 4) is 0 Å². The minimum absolute atomic E-state index is 0.131. The largest absolute Gasteiger partial charge is 0.468 e. The minimum Gasteiger partial charge on any atom is -0.468 e. The highest BCUT2D eigenvalue weighted by molar-refractivity contribution is 6.07. The maximum absolute atomic E-state index is 12.5. The van der Waals surface area contributed by atoms with Gasteiger partial charge in [0.25, 0.3) is 0 Å². The fourth-order valence-electron chi connectivity index (χ4n) is 2.96. The van der Waals surface area contributed by atoms with Crippen LogP contribution in [-0.2, 0) is 33.4 Å². The van der Waals surface area contributed by atoms with Crippen LogP contribution in [0.15, 0.2) is 0 Å². The van der Waals surface area contributed by atoms with Gasteiger partial charge in [-0.3, -0.25) is 19.3 Å². The number of rotatable bonds is 3. The van der Waals surface area contributed by atoms with Crippen LogP contribution in [0, 0.1) is 5.92 Å². The highest BCUT2D eigenvalue weighted by atomic mass is 16.6. The summed E-state index contributed by atoms with van der Waals surface area (Å²) >= 11 is 0. The topological polar surface area (TPSA) is 99.2 Å². The molecule has 2 rings (SSSR count). The lowest BCUT2D eigenvalue weighted by Gasteiger charge is -2.34. The summed E-state index contributed by atoms with van der Waals surface area (Å²) in [5.74, 6) is -3.71. The van der Waals surface area contributed by atoms with E-state index in [2.05, 4.69) is 4.74 Å². The van der Waals surface area contributed by atoms with Crippen LogP contribution in [-0.4, -0.2) is 60.6 Å². The van der Waals surface area contributed by atoms with Gasteiger partial charge in [-0.2, -0.15) is 0 Å². The van der Waals surface area contributed by atoms with Gasteiger partial charge in [0.05, 0.1) is 20.8 Å². The number of hydrogen-bond acceptors (Lipinski definition) is 7. The predicted molar refractivity (Wildman–Crippen MR) is 66.8 cm³/mol. The Morgan fingerprint density at radius 3 is 2.38 bits per heavy atom. The third kappa shape index (κ3) is 1.85. The van der Waals surface area contributed by atoms with E-state index < -0.39 is 40.8 Å². The van der Waals surface area contributed by atoms with Gasteiger partial charge in [-0.05, 0) is 13.8 Å². The summed E-state index contributed by atoms with van der Waals surface area (Å²) < 4.78 is 14.8. The van der Waals surface area contributed by atoms with E-state index >= 15 is 0 Å². The highest BCUT2D eigenvalue weighted by Gasteiger charge is 2.69. The third-order valence-electron chi connectivity index (χ3n) is 4.21. The van der Waals surface area contributed by atoms with Crippen molar-refractivity contribution in [3.05, 3.63) is 0 Å². The molecule has 0 spiro atoms. The van der Waals surface area contributed by atoms with Crippen LogP contribution in [0.25, 0.3) is 0 Å². The molecule has 0 unspecified atom stereocenters. The van der Waals surface area contributed by atoms with Crippen LogP contribution in [0.5, 0.6) is 0 Å². The summed E-state index contributed by atoms with van der Waals surface area (Å²) in [6.45, 7) is 2.46. The molecule has 2 heterocycles. The molecule has 0 bridgehead atoms. The summed E-state index contributed by atoms with van der Waals surface area (Å²) in [7, 11) is 2.33. The number of carbonyl (C=O) groups excluding carboxylic acids is 4. The Balaban J connectivity index is 2.53. The molecule has 0 radical (unpaired) electrons. The number of esters is 2. The first kappa shape index (κ1) is 15.4. The summed E-state index contributed by atoms with van der Waals surface area (Å²) in [5, 5.41) is 0. The zero-order valence-electron chi connectivity index (χ0n) is 12.3. The van der Waals surface area contributed by atoms with Crippen LogP contribution in [0.4, 0.5) is 0 Å². The van der Waals surface area contributed by atoms with Crippen LogP contribution >= 0.6 is 0 Å². The van der Waals surface area contributed by atoms with Gasteiger partial charge < -0.3 is 14.2 Å². The second-order valence-corrected chi connectivity index (χ2v) is 5.30. The van der Waals surface area contributed by atoms with Gasteiger partial charge in [0.2, 0.25) is 11.6 Å². The first-order chi connectivity index (χ1) is 9.74. The lowest BCUT2D eigenvalue weighted by molar-refractivity contribution is -0.168. The van der Waals surface area contributed by atoms with E-state index in [-0.39, 0.29) is 13.0 Å². The monoisotopic (exact) mass is 299 g/mol. The Morgan fingerprint density at radius 2 is 1.90 bits per heavy atom. The van der Waals surface area contributed by atoms with Crippen LogP contribution in [0.1, 0.15) is 20.3 Å². The van der Waals surface area contributed by atoms with E-state index in [0.717, 1.165) is 12.0 Å². The number of ketones is 1. The molecule has 1 amide bonds. The Labute approximate surface area is 121 Å². The number of fused-ring (bicyclic) bond motifs is 1. The molecule has 0 aliphatic carbocycles. The smallest absolute Gasteiger partial charge is 0.334 e. The second kappa shape index (κ2) is 4.80.